The van der Waals surface area contributed by atoms with E-state index in [9.17, 15) is 4.79 Å². The number of amides is 1. The first kappa shape index (κ1) is 18.1. The van der Waals surface area contributed by atoms with Gasteiger partial charge in [0, 0.05) is 26.7 Å². The second-order valence-electron chi connectivity index (χ2n) is 6.40. The van der Waals surface area contributed by atoms with Gasteiger partial charge < -0.3 is 14.6 Å². The van der Waals surface area contributed by atoms with Gasteiger partial charge in [-0.25, -0.2) is 4.98 Å². The van der Waals surface area contributed by atoms with Crippen molar-refractivity contribution in [3.8, 4) is 0 Å². The van der Waals surface area contributed by atoms with E-state index in [0.717, 1.165) is 23.3 Å². The lowest BCUT2D eigenvalue weighted by molar-refractivity contribution is -0.121. The number of benzene rings is 2. The Morgan fingerprint density at radius 3 is 2.73 bits per heavy atom. The van der Waals surface area contributed by atoms with Crippen molar-refractivity contribution in [3.05, 3.63) is 65.5 Å². The molecule has 1 amide bonds. The number of hydrogen-bond acceptors (Lipinski definition) is 3. The van der Waals surface area contributed by atoms with Crippen LogP contribution in [-0.4, -0.2) is 35.7 Å². The van der Waals surface area contributed by atoms with Crippen molar-refractivity contribution in [2.75, 3.05) is 20.3 Å². The highest BCUT2D eigenvalue weighted by atomic mass is 16.5. The Morgan fingerprint density at radius 2 is 1.92 bits per heavy atom. The van der Waals surface area contributed by atoms with Crippen LogP contribution in [-0.2, 0) is 22.5 Å². The second-order valence-corrected chi connectivity index (χ2v) is 6.40. The van der Waals surface area contributed by atoms with Crippen LogP contribution in [0.3, 0.4) is 0 Å². The molecule has 0 radical (unpaired) electrons. The summed E-state index contributed by atoms with van der Waals surface area (Å²) in [7, 11) is 1.66. The van der Waals surface area contributed by atoms with E-state index in [-0.39, 0.29) is 12.5 Å². The number of methoxy groups -OCH3 is 1. The molecule has 136 valence electrons. The van der Waals surface area contributed by atoms with E-state index in [0.29, 0.717) is 19.6 Å². The molecule has 0 aliphatic heterocycles. The summed E-state index contributed by atoms with van der Waals surface area (Å²) in [5, 5.41) is 2.96. The summed E-state index contributed by atoms with van der Waals surface area (Å²) in [6.45, 7) is 3.64. The summed E-state index contributed by atoms with van der Waals surface area (Å²) in [6, 6.07) is 16.3. The summed E-state index contributed by atoms with van der Waals surface area (Å²) in [5.74, 6) is 0.905. The number of imidazole rings is 1. The predicted molar refractivity (Wildman–Crippen MR) is 103 cm³/mol. The molecule has 0 spiro atoms. The van der Waals surface area contributed by atoms with E-state index in [1.54, 1.807) is 7.11 Å². The van der Waals surface area contributed by atoms with Crippen molar-refractivity contribution in [3.63, 3.8) is 0 Å². The summed E-state index contributed by atoms with van der Waals surface area (Å²) in [5.41, 5.74) is 4.37. The average molecular weight is 351 g/mol. The van der Waals surface area contributed by atoms with Crippen LogP contribution in [0.2, 0.25) is 0 Å². The van der Waals surface area contributed by atoms with Gasteiger partial charge in [0.25, 0.3) is 0 Å². The summed E-state index contributed by atoms with van der Waals surface area (Å²) < 4.78 is 7.04. The average Bonchev–Trinajstić information content (AvgIpc) is 2.98. The van der Waals surface area contributed by atoms with Crippen LogP contribution in [0, 0.1) is 6.92 Å². The summed E-state index contributed by atoms with van der Waals surface area (Å²) in [4.78, 5) is 17.2. The molecule has 5 nitrogen and oxygen atoms in total. The van der Waals surface area contributed by atoms with E-state index >= 15 is 0 Å². The maximum absolute atomic E-state index is 12.4. The van der Waals surface area contributed by atoms with Gasteiger partial charge in [-0.15, -0.1) is 0 Å². The summed E-state index contributed by atoms with van der Waals surface area (Å²) >= 11 is 0. The zero-order valence-electron chi connectivity index (χ0n) is 15.4. The van der Waals surface area contributed by atoms with Crippen molar-refractivity contribution >= 4 is 16.9 Å². The van der Waals surface area contributed by atoms with Gasteiger partial charge >= 0.3 is 0 Å². The number of nitrogens with zero attached hydrogens (tertiary/aromatic N) is 2. The molecule has 0 fully saturated rings. The largest absolute Gasteiger partial charge is 0.385 e. The Bertz CT molecular complexity index is 886. The fourth-order valence-corrected chi connectivity index (χ4v) is 3.06. The molecular weight excluding hydrogens is 326 g/mol. The highest BCUT2D eigenvalue weighted by Gasteiger charge is 2.14. The standard InChI is InChI=1S/C21H25N3O2/c1-16-8-3-4-9-17(16)14-20-23-18-10-5-6-11-19(18)24(20)15-21(25)22-12-7-13-26-2/h3-6,8-11H,7,12-15H2,1-2H3,(H,22,25). The molecule has 1 N–H and O–H groups in total. The SMILES string of the molecule is COCCCNC(=O)Cn1c(Cc2ccccc2C)nc2ccccc21. The minimum Gasteiger partial charge on any atom is -0.385 e. The van der Waals surface area contributed by atoms with E-state index < -0.39 is 0 Å². The van der Waals surface area contributed by atoms with E-state index in [1.807, 2.05) is 41.0 Å². The number of carbonyl (C=O) groups excluding carboxylic acids is 1. The van der Waals surface area contributed by atoms with Gasteiger partial charge in [-0.3, -0.25) is 4.79 Å². The molecule has 0 saturated heterocycles. The van der Waals surface area contributed by atoms with Crippen molar-refractivity contribution in [1.82, 2.24) is 14.9 Å². The van der Waals surface area contributed by atoms with Crippen molar-refractivity contribution in [1.29, 1.82) is 0 Å². The van der Waals surface area contributed by atoms with Gasteiger partial charge in [-0.05, 0) is 36.6 Å². The topological polar surface area (TPSA) is 56.1 Å². The summed E-state index contributed by atoms with van der Waals surface area (Å²) in [6.07, 6.45) is 1.52. The van der Waals surface area contributed by atoms with Crippen LogP contribution in [0.1, 0.15) is 23.4 Å². The van der Waals surface area contributed by atoms with E-state index in [2.05, 4.69) is 24.4 Å². The minimum atomic E-state index is -0.00436. The number of hydrogen-bond donors (Lipinski definition) is 1. The third-order valence-corrected chi connectivity index (χ3v) is 4.49. The number of aromatic nitrogens is 2. The lowest BCUT2D eigenvalue weighted by Crippen LogP contribution is -2.29. The molecule has 0 saturated carbocycles. The lowest BCUT2D eigenvalue weighted by Gasteiger charge is -2.11. The second kappa shape index (κ2) is 8.63. The van der Waals surface area contributed by atoms with Gasteiger partial charge in [0.15, 0.2) is 0 Å². The molecule has 1 aromatic heterocycles. The molecule has 0 atom stereocenters. The molecule has 3 aromatic rings. The van der Waals surface area contributed by atoms with Crippen LogP contribution in [0.15, 0.2) is 48.5 Å². The Hall–Kier alpha value is -2.66. The highest BCUT2D eigenvalue weighted by Crippen LogP contribution is 2.20. The molecule has 0 unspecified atom stereocenters. The maximum Gasteiger partial charge on any atom is 0.240 e. The number of para-hydroxylation sites is 2. The smallest absolute Gasteiger partial charge is 0.240 e. The van der Waals surface area contributed by atoms with Gasteiger partial charge in [0.05, 0.1) is 11.0 Å². The Kier molecular flexibility index (Phi) is 6.02. The Labute approximate surface area is 154 Å². The number of fused-ring (bicyclic) bond motifs is 1. The van der Waals surface area contributed by atoms with Crippen LogP contribution >= 0.6 is 0 Å². The molecule has 0 aliphatic carbocycles. The van der Waals surface area contributed by atoms with Crippen LogP contribution in [0.5, 0.6) is 0 Å². The molecular formula is C21H25N3O2. The third-order valence-electron chi connectivity index (χ3n) is 4.49. The Balaban J connectivity index is 1.83. The minimum absolute atomic E-state index is 0.00436. The van der Waals surface area contributed by atoms with Gasteiger partial charge in [0.1, 0.15) is 12.4 Å². The van der Waals surface area contributed by atoms with Crippen molar-refractivity contribution < 1.29 is 9.53 Å². The fraction of sp³-hybridized carbons (Fsp3) is 0.333. The third kappa shape index (κ3) is 4.29. The first-order valence-electron chi connectivity index (χ1n) is 8.93. The molecule has 1 heterocycles. The van der Waals surface area contributed by atoms with Gasteiger partial charge in [0.2, 0.25) is 5.91 Å². The zero-order chi connectivity index (χ0) is 18.4. The Morgan fingerprint density at radius 1 is 1.15 bits per heavy atom. The number of nitrogens with one attached hydrogen (secondary N) is 1. The predicted octanol–water partition coefficient (Wildman–Crippen LogP) is 3.09. The normalized spacial score (nSPS) is 11.0. The zero-order valence-corrected chi connectivity index (χ0v) is 15.4. The highest BCUT2D eigenvalue weighted by molar-refractivity contribution is 5.81. The molecule has 3 rings (SSSR count). The van der Waals surface area contributed by atoms with Crippen molar-refractivity contribution in [2.45, 2.75) is 26.3 Å². The monoisotopic (exact) mass is 351 g/mol. The first-order chi connectivity index (χ1) is 12.7. The van der Waals surface area contributed by atoms with Crippen molar-refractivity contribution in [2.24, 2.45) is 0 Å². The number of ether oxygens (including phenoxy) is 1. The van der Waals surface area contributed by atoms with Crippen LogP contribution in [0.4, 0.5) is 0 Å². The van der Waals surface area contributed by atoms with E-state index in [4.69, 9.17) is 9.72 Å². The maximum atomic E-state index is 12.4. The van der Waals surface area contributed by atoms with Crippen LogP contribution in [0.25, 0.3) is 11.0 Å². The lowest BCUT2D eigenvalue weighted by atomic mass is 10.1. The first-order valence-corrected chi connectivity index (χ1v) is 8.93. The number of rotatable bonds is 8. The van der Waals surface area contributed by atoms with Gasteiger partial charge in [-0.1, -0.05) is 36.4 Å². The van der Waals surface area contributed by atoms with Crippen LogP contribution < -0.4 is 5.32 Å². The molecule has 0 aliphatic rings. The number of carbonyl (C=O) groups is 1. The molecule has 0 bridgehead atoms. The molecule has 2 aromatic carbocycles. The quantitative estimate of drug-likeness (QED) is 0.635. The molecule has 26 heavy (non-hydrogen) atoms. The van der Waals surface area contributed by atoms with Gasteiger partial charge in [-0.2, -0.15) is 0 Å². The number of aryl methyl sites for hydroxylation is 1. The van der Waals surface area contributed by atoms with E-state index in [1.165, 1.54) is 11.1 Å². The fourth-order valence-electron chi connectivity index (χ4n) is 3.06. The molecule has 5 heteroatoms.